The molecule has 0 bridgehead atoms. The number of alkyl halides is 3. The first-order chi connectivity index (χ1) is 12.3. The van der Waals surface area contributed by atoms with Crippen molar-refractivity contribution in [1.29, 1.82) is 0 Å². The van der Waals surface area contributed by atoms with E-state index in [0.717, 1.165) is 13.0 Å². The molecule has 6 nitrogen and oxygen atoms in total. The van der Waals surface area contributed by atoms with E-state index >= 15 is 0 Å². The molecular weight excluding hydrogens is 476 g/mol. The lowest BCUT2D eigenvalue weighted by Crippen LogP contribution is -2.37. The Labute approximate surface area is 175 Å². The van der Waals surface area contributed by atoms with Gasteiger partial charge < -0.3 is 20.1 Å². The van der Waals surface area contributed by atoms with Gasteiger partial charge in [-0.2, -0.15) is 13.2 Å². The van der Waals surface area contributed by atoms with Crippen LogP contribution in [0.4, 0.5) is 13.2 Å². The summed E-state index contributed by atoms with van der Waals surface area (Å²) in [5.74, 6) is 1.000. The Morgan fingerprint density at radius 1 is 1.30 bits per heavy atom. The number of nitrogens with one attached hydrogen (secondary N) is 2. The third-order valence-electron chi connectivity index (χ3n) is 3.10. The van der Waals surface area contributed by atoms with Gasteiger partial charge >= 0.3 is 6.18 Å². The zero-order valence-corrected chi connectivity index (χ0v) is 18.1. The average molecular weight is 504 g/mol. The van der Waals surface area contributed by atoms with Crippen LogP contribution in [0.3, 0.4) is 0 Å². The minimum atomic E-state index is -4.41. The number of aliphatic imine (C=N–C) groups is 1. The summed E-state index contributed by atoms with van der Waals surface area (Å²) in [6, 6.07) is 3.29. The van der Waals surface area contributed by atoms with Crippen LogP contribution in [0.5, 0.6) is 5.88 Å². The van der Waals surface area contributed by atoms with Gasteiger partial charge in [-0.05, 0) is 18.4 Å². The molecule has 0 aromatic carbocycles. The van der Waals surface area contributed by atoms with Crippen LogP contribution in [0, 0.1) is 5.92 Å². The highest BCUT2D eigenvalue weighted by atomic mass is 127. The number of hydrogen-bond acceptors (Lipinski definition) is 4. The molecule has 1 heterocycles. The molecule has 0 amide bonds. The standard InChI is InChI=1S/C17H27F3N4O2.HI/c1-13(2)11-25-9-5-8-23-16(21-3)24-10-14-6-4-7-22-15(14)26-12-17(18,19)20;/h4,6-7,13H,5,8-12H2,1-3H3,(H2,21,23,24);1H. The Morgan fingerprint density at radius 3 is 2.67 bits per heavy atom. The van der Waals surface area contributed by atoms with Crippen LogP contribution < -0.4 is 15.4 Å². The van der Waals surface area contributed by atoms with Gasteiger partial charge in [0.25, 0.3) is 0 Å². The molecule has 156 valence electrons. The van der Waals surface area contributed by atoms with E-state index in [9.17, 15) is 13.2 Å². The lowest BCUT2D eigenvalue weighted by Gasteiger charge is -2.15. The van der Waals surface area contributed by atoms with E-state index < -0.39 is 12.8 Å². The molecule has 10 heteroatoms. The van der Waals surface area contributed by atoms with Crippen molar-refractivity contribution in [3.8, 4) is 5.88 Å². The van der Waals surface area contributed by atoms with E-state index in [0.29, 0.717) is 30.6 Å². The summed E-state index contributed by atoms with van der Waals surface area (Å²) in [6.07, 6.45) is -2.20. The van der Waals surface area contributed by atoms with Crippen LogP contribution >= 0.6 is 24.0 Å². The summed E-state index contributed by atoms with van der Waals surface area (Å²) >= 11 is 0. The molecule has 0 atom stereocenters. The summed E-state index contributed by atoms with van der Waals surface area (Å²) in [5.41, 5.74) is 0.514. The zero-order chi connectivity index (χ0) is 19.4. The quantitative estimate of drug-likeness (QED) is 0.222. The van der Waals surface area contributed by atoms with Crippen LogP contribution in [0.25, 0.3) is 0 Å². The fourth-order valence-electron chi connectivity index (χ4n) is 1.94. The molecule has 1 aromatic rings. The number of ether oxygens (including phenoxy) is 2. The van der Waals surface area contributed by atoms with Gasteiger partial charge in [0.2, 0.25) is 5.88 Å². The van der Waals surface area contributed by atoms with Crippen LogP contribution in [-0.4, -0.2) is 50.5 Å². The maximum absolute atomic E-state index is 12.3. The van der Waals surface area contributed by atoms with Gasteiger partial charge in [-0.25, -0.2) is 4.98 Å². The van der Waals surface area contributed by atoms with Crippen LogP contribution in [0.15, 0.2) is 23.3 Å². The number of pyridine rings is 1. The summed E-state index contributed by atoms with van der Waals surface area (Å²) < 4.78 is 47.2. The zero-order valence-electron chi connectivity index (χ0n) is 15.8. The summed E-state index contributed by atoms with van der Waals surface area (Å²) in [7, 11) is 1.62. The lowest BCUT2D eigenvalue weighted by atomic mass is 10.2. The topological polar surface area (TPSA) is 67.8 Å². The Hall–Kier alpha value is -1.30. The van der Waals surface area contributed by atoms with E-state index in [4.69, 9.17) is 9.47 Å². The smallest absolute Gasteiger partial charge is 0.422 e. The SMILES string of the molecule is CN=C(NCCCOCC(C)C)NCc1cccnc1OCC(F)(F)F.I. The predicted octanol–water partition coefficient (Wildman–Crippen LogP) is 3.37. The molecule has 0 radical (unpaired) electrons. The molecule has 0 aliphatic carbocycles. The third kappa shape index (κ3) is 12.7. The minimum Gasteiger partial charge on any atom is -0.468 e. The number of halogens is 4. The van der Waals surface area contributed by atoms with Crippen LogP contribution in [-0.2, 0) is 11.3 Å². The molecule has 0 saturated carbocycles. The Bertz CT molecular complexity index is 557. The summed E-state index contributed by atoms with van der Waals surface area (Å²) in [4.78, 5) is 7.93. The fraction of sp³-hybridized carbons (Fsp3) is 0.647. The molecule has 0 unspecified atom stereocenters. The minimum absolute atomic E-state index is 0. The van der Waals surface area contributed by atoms with Crippen molar-refractivity contribution in [2.75, 3.05) is 33.4 Å². The predicted molar refractivity (Wildman–Crippen MR) is 110 cm³/mol. The van der Waals surface area contributed by atoms with Gasteiger partial charge in [0.05, 0.1) is 0 Å². The first-order valence-corrected chi connectivity index (χ1v) is 8.47. The molecule has 0 saturated heterocycles. The van der Waals surface area contributed by atoms with Gasteiger partial charge in [0, 0.05) is 45.1 Å². The lowest BCUT2D eigenvalue weighted by molar-refractivity contribution is -0.154. The summed E-state index contributed by atoms with van der Waals surface area (Å²) in [5, 5.41) is 6.15. The van der Waals surface area contributed by atoms with Crippen molar-refractivity contribution >= 4 is 29.9 Å². The van der Waals surface area contributed by atoms with E-state index in [-0.39, 0.29) is 36.4 Å². The van der Waals surface area contributed by atoms with Gasteiger partial charge in [0.1, 0.15) is 0 Å². The molecule has 1 rings (SSSR count). The second-order valence-corrected chi connectivity index (χ2v) is 6.05. The Kier molecular flexibility index (Phi) is 13.1. The van der Waals surface area contributed by atoms with Crippen molar-refractivity contribution < 1.29 is 22.6 Å². The second kappa shape index (κ2) is 13.8. The first kappa shape index (κ1) is 25.7. The molecule has 1 aromatic heterocycles. The maximum atomic E-state index is 12.3. The highest BCUT2D eigenvalue weighted by molar-refractivity contribution is 14.0. The number of aromatic nitrogens is 1. The second-order valence-electron chi connectivity index (χ2n) is 6.05. The van der Waals surface area contributed by atoms with Gasteiger partial charge in [0.15, 0.2) is 12.6 Å². The molecule has 27 heavy (non-hydrogen) atoms. The number of guanidine groups is 1. The van der Waals surface area contributed by atoms with Crippen LogP contribution in [0.1, 0.15) is 25.8 Å². The molecule has 0 fully saturated rings. The molecular formula is C17H28F3IN4O2. The molecule has 0 spiro atoms. The third-order valence-corrected chi connectivity index (χ3v) is 3.10. The Morgan fingerprint density at radius 2 is 2.04 bits per heavy atom. The maximum Gasteiger partial charge on any atom is 0.422 e. The highest BCUT2D eigenvalue weighted by Gasteiger charge is 2.29. The van der Waals surface area contributed by atoms with Crippen molar-refractivity contribution in [3.05, 3.63) is 23.9 Å². The van der Waals surface area contributed by atoms with Crippen molar-refractivity contribution in [3.63, 3.8) is 0 Å². The molecule has 0 aliphatic rings. The first-order valence-electron chi connectivity index (χ1n) is 8.47. The van der Waals surface area contributed by atoms with Gasteiger partial charge in [-0.15, -0.1) is 24.0 Å². The molecule has 2 N–H and O–H groups in total. The van der Waals surface area contributed by atoms with E-state index in [2.05, 4.69) is 34.5 Å². The van der Waals surface area contributed by atoms with Crippen molar-refractivity contribution in [2.45, 2.75) is 33.0 Å². The van der Waals surface area contributed by atoms with Gasteiger partial charge in [-0.3, -0.25) is 4.99 Å². The van der Waals surface area contributed by atoms with E-state index in [1.807, 2.05) is 0 Å². The highest BCUT2D eigenvalue weighted by Crippen LogP contribution is 2.19. The normalized spacial score (nSPS) is 11.9. The van der Waals surface area contributed by atoms with Crippen molar-refractivity contribution in [2.24, 2.45) is 10.9 Å². The monoisotopic (exact) mass is 504 g/mol. The summed E-state index contributed by atoms with van der Waals surface area (Å²) in [6.45, 7) is 5.10. The number of nitrogens with zero attached hydrogens (tertiary/aromatic N) is 2. The average Bonchev–Trinajstić information content (AvgIpc) is 2.58. The fourth-order valence-corrected chi connectivity index (χ4v) is 1.94. The van der Waals surface area contributed by atoms with Crippen molar-refractivity contribution in [1.82, 2.24) is 15.6 Å². The largest absolute Gasteiger partial charge is 0.468 e. The Balaban J connectivity index is 0.00000676. The number of rotatable bonds is 10. The van der Waals surface area contributed by atoms with Gasteiger partial charge in [-0.1, -0.05) is 19.9 Å². The molecule has 0 aliphatic heterocycles. The number of hydrogen-bond donors (Lipinski definition) is 2. The van der Waals surface area contributed by atoms with E-state index in [1.165, 1.54) is 6.20 Å². The van der Waals surface area contributed by atoms with Crippen LogP contribution in [0.2, 0.25) is 0 Å². The van der Waals surface area contributed by atoms with E-state index in [1.54, 1.807) is 19.2 Å².